The van der Waals surface area contributed by atoms with Gasteiger partial charge in [0.05, 0.1) is 0 Å². The van der Waals surface area contributed by atoms with Gasteiger partial charge in [-0.05, 0) is 65.4 Å². The predicted molar refractivity (Wildman–Crippen MR) is 99.8 cm³/mol. The van der Waals surface area contributed by atoms with Gasteiger partial charge in [0.15, 0.2) is 0 Å². The summed E-state index contributed by atoms with van der Waals surface area (Å²) in [4.78, 5) is 26.1. The minimum Gasteiger partial charge on any atom is -0.341 e. The Balaban J connectivity index is 1.62. The summed E-state index contributed by atoms with van der Waals surface area (Å²) in [5.41, 5.74) is 2.02. The zero-order valence-electron chi connectivity index (χ0n) is 16.0. The van der Waals surface area contributed by atoms with Gasteiger partial charge in [-0.1, -0.05) is 0 Å². The first kappa shape index (κ1) is 18.0. The summed E-state index contributed by atoms with van der Waals surface area (Å²) in [6.45, 7) is 10.8. The second-order valence-corrected chi connectivity index (χ2v) is 7.87. The molecule has 0 atom stereocenters. The molecule has 2 aliphatic rings. The van der Waals surface area contributed by atoms with Crippen molar-refractivity contribution >= 4 is 12.0 Å². The van der Waals surface area contributed by atoms with Gasteiger partial charge in [0.25, 0.3) is 0 Å². The first-order chi connectivity index (χ1) is 11.9. The van der Waals surface area contributed by atoms with Crippen LogP contribution in [0.2, 0.25) is 0 Å². The van der Waals surface area contributed by atoms with E-state index >= 15 is 0 Å². The molecule has 1 aliphatic heterocycles. The molecule has 1 N–H and O–H groups in total. The summed E-state index contributed by atoms with van der Waals surface area (Å²) in [6.07, 6.45) is 4.49. The fraction of sp³-hybridized carbons (Fsp3) is 0.737. The maximum atomic E-state index is 12.6. The third-order valence-electron chi connectivity index (χ3n) is 4.98. The molecule has 3 rings (SSSR count). The predicted octanol–water partition coefficient (Wildman–Crippen LogP) is 2.89. The van der Waals surface area contributed by atoms with Crippen LogP contribution in [0.1, 0.15) is 50.9 Å². The van der Waals surface area contributed by atoms with Crippen LogP contribution in [0.25, 0.3) is 0 Å². The average molecular weight is 345 g/mol. The summed E-state index contributed by atoms with van der Waals surface area (Å²) < 4.78 is 0. The van der Waals surface area contributed by atoms with E-state index in [-0.39, 0.29) is 12.1 Å². The van der Waals surface area contributed by atoms with Gasteiger partial charge >= 0.3 is 6.03 Å². The molecule has 0 radical (unpaired) electrons. The van der Waals surface area contributed by atoms with Gasteiger partial charge in [-0.25, -0.2) is 14.8 Å². The Morgan fingerprint density at radius 1 is 1.20 bits per heavy atom. The van der Waals surface area contributed by atoms with Gasteiger partial charge in [-0.3, -0.25) is 0 Å². The number of carbonyl (C=O) groups excluding carboxylic acids is 1. The molecular formula is C19H31N5O. The van der Waals surface area contributed by atoms with Crippen LogP contribution in [0.5, 0.6) is 0 Å². The van der Waals surface area contributed by atoms with E-state index in [1.807, 2.05) is 33.8 Å². The van der Waals surface area contributed by atoms with E-state index in [2.05, 4.69) is 25.1 Å². The molecule has 0 aromatic carbocycles. The van der Waals surface area contributed by atoms with Crippen LogP contribution >= 0.6 is 0 Å². The van der Waals surface area contributed by atoms with Crippen molar-refractivity contribution in [3.63, 3.8) is 0 Å². The van der Waals surface area contributed by atoms with Crippen molar-refractivity contribution in [2.24, 2.45) is 5.92 Å². The van der Waals surface area contributed by atoms with Crippen LogP contribution < -0.4 is 10.2 Å². The summed E-state index contributed by atoms with van der Waals surface area (Å²) in [6, 6.07) is 2.60. The van der Waals surface area contributed by atoms with Crippen molar-refractivity contribution in [3.05, 3.63) is 17.5 Å². The Morgan fingerprint density at radius 2 is 1.80 bits per heavy atom. The van der Waals surface area contributed by atoms with Crippen molar-refractivity contribution in [1.29, 1.82) is 0 Å². The standard InChI is InChI=1S/C19H31N5O/c1-13(2)20-19(25)24(12-16-5-6-16)17-7-9-23(10-8-17)18-21-14(3)11-15(4)22-18/h11,13,16-17H,5-10,12H2,1-4H3,(H,20,25). The first-order valence-electron chi connectivity index (χ1n) is 9.56. The van der Waals surface area contributed by atoms with Gasteiger partial charge in [0.1, 0.15) is 0 Å². The number of amides is 2. The molecule has 25 heavy (non-hydrogen) atoms. The molecule has 138 valence electrons. The molecule has 6 heteroatoms. The Kier molecular flexibility index (Phi) is 5.45. The van der Waals surface area contributed by atoms with Crippen molar-refractivity contribution in [2.75, 3.05) is 24.5 Å². The lowest BCUT2D eigenvalue weighted by molar-refractivity contribution is 0.156. The molecule has 6 nitrogen and oxygen atoms in total. The fourth-order valence-electron chi connectivity index (χ4n) is 3.53. The number of piperidine rings is 1. The third-order valence-corrected chi connectivity index (χ3v) is 4.98. The topological polar surface area (TPSA) is 61.4 Å². The van der Waals surface area contributed by atoms with Gasteiger partial charge < -0.3 is 15.1 Å². The second-order valence-electron chi connectivity index (χ2n) is 7.87. The number of urea groups is 1. The van der Waals surface area contributed by atoms with Crippen LogP contribution in [0.15, 0.2) is 6.07 Å². The van der Waals surface area contributed by atoms with Crippen LogP contribution in [-0.4, -0.2) is 52.6 Å². The Hall–Kier alpha value is -1.85. The highest BCUT2D eigenvalue weighted by Crippen LogP contribution is 2.32. The number of hydrogen-bond donors (Lipinski definition) is 1. The number of rotatable bonds is 5. The van der Waals surface area contributed by atoms with E-state index in [0.717, 1.165) is 49.8 Å². The van der Waals surface area contributed by atoms with Gasteiger partial charge in [-0.2, -0.15) is 0 Å². The molecule has 0 bridgehead atoms. The van der Waals surface area contributed by atoms with Crippen molar-refractivity contribution in [2.45, 2.75) is 65.5 Å². The maximum Gasteiger partial charge on any atom is 0.317 e. The second kappa shape index (κ2) is 7.58. The summed E-state index contributed by atoms with van der Waals surface area (Å²) in [7, 11) is 0. The molecular weight excluding hydrogens is 314 g/mol. The van der Waals surface area contributed by atoms with Gasteiger partial charge in [0.2, 0.25) is 5.95 Å². The zero-order valence-corrected chi connectivity index (χ0v) is 16.0. The van der Waals surface area contributed by atoms with Crippen molar-refractivity contribution < 1.29 is 4.79 Å². The van der Waals surface area contributed by atoms with E-state index < -0.39 is 0 Å². The summed E-state index contributed by atoms with van der Waals surface area (Å²) in [5, 5.41) is 3.08. The fourth-order valence-corrected chi connectivity index (χ4v) is 3.53. The van der Waals surface area contributed by atoms with E-state index in [9.17, 15) is 4.79 Å². The number of carbonyl (C=O) groups is 1. The lowest BCUT2D eigenvalue weighted by Crippen LogP contribution is -2.52. The van der Waals surface area contributed by atoms with E-state index in [1.54, 1.807) is 0 Å². The van der Waals surface area contributed by atoms with Crippen LogP contribution in [0, 0.1) is 19.8 Å². The highest BCUT2D eigenvalue weighted by molar-refractivity contribution is 5.75. The molecule has 1 saturated heterocycles. The molecule has 1 saturated carbocycles. The highest BCUT2D eigenvalue weighted by atomic mass is 16.2. The smallest absolute Gasteiger partial charge is 0.317 e. The molecule has 1 aromatic rings. The molecule has 1 aromatic heterocycles. The van der Waals surface area contributed by atoms with Crippen LogP contribution in [0.3, 0.4) is 0 Å². The molecule has 1 aliphatic carbocycles. The minimum atomic E-state index is 0.100. The largest absolute Gasteiger partial charge is 0.341 e. The van der Waals surface area contributed by atoms with Crippen LogP contribution in [-0.2, 0) is 0 Å². The molecule has 0 spiro atoms. The van der Waals surface area contributed by atoms with Gasteiger partial charge in [-0.15, -0.1) is 0 Å². The third kappa shape index (κ3) is 4.83. The lowest BCUT2D eigenvalue weighted by Gasteiger charge is -2.39. The molecule has 0 unspecified atom stereocenters. The summed E-state index contributed by atoms with van der Waals surface area (Å²) in [5.74, 6) is 1.54. The minimum absolute atomic E-state index is 0.100. The normalized spacial score (nSPS) is 18.5. The monoisotopic (exact) mass is 345 g/mol. The van der Waals surface area contributed by atoms with E-state index in [4.69, 9.17) is 0 Å². The Morgan fingerprint density at radius 3 is 2.32 bits per heavy atom. The Labute approximate surface area is 151 Å². The van der Waals surface area contributed by atoms with Gasteiger partial charge in [0, 0.05) is 43.1 Å². The average Bonchev–Trinajstić information content (AvgIpc) is 3.35. The number of anilines is 1. The van der Waals surface area contributed by atoms with E-state index in [0.29, 0.717) is 12.0 Å². The van der Waals surface area contributed by atoms with Crippen molar-refractivity contribution in [3.8, 4) is 0 Å². The number of nitrogens with zero attached hydrogens (tertiary/aromatic N) is 4. The Bertz CT molecular complexity index is 586. The first-order valence-corrected chi connectivity index (χ1v) is 9.56. The van der Waals surface area contributed by atoms with E-state index in [1.165, 1.54) is 12.8 Å². The summed E-state index contributed by atoms with van der Waals surface area (Å²) >= 11 is 0. The molecule has 2 fully saturated rings. The number of aryl methyl sites for hydroxylation is 2. The molecule has 2 amide bonds. The van der Waals surface area contributed by atoms with Crippen LogP contribution in [0.4, 0.5) is 10.7 Å². The lowest BCUT2D eigenvalue weighted by atomic mass is 10.0. The highest BCUT2D eigenvalue weighted by Gasteiger charge is 2.33. The SMILES string of the molecule is Cc1cc(C)nc(N2CCC(N(CC3CC3)C(=O)NC(C)C)CC2)n1. The number of nitrogens with one attached hydrogen (secondary N) is 1. The zero-order chi connectivity index (χ0) is 18.0. The number of hydrogen-bond acceptors (Lipinski definition) is 4. The molecule has 2 heterocycles. The maximum absolute atomic E-state index is 12.6. The van der Waals surface area contributed by atoms with Crippen molar-refractivity contribution in [1.82, 2.24) is 20.2 Å². The number of aromatic nitrogens is 2. The quantitative estimate of drug-likeness (QED) is 0.891.